The van der Waals surface area contributed by atoms with Crippen LogP contribution in [0.1, 0.15) is 6.42 Å². The van der Waals surface area contributed by atoms with Gasteiger partial charge in [0.1, 0.15) is 0 Å². The number of fused-ring (bicyclic) bond motifs is 1. The number of para-hydroxylation sites is 2. The summed E-state index contributed by atoms with van der Waals surface area (Å²) in [5, 5.41) is 0. The molecule has 2 aromatic rings. The van der Waals surface area contributed by atoms with Gasteiger partial charge in [-0.3, -0.25) is 4.79 Å². The molecule has 1 aliphatic heterocycles. The van der Waals surface area contributed by atoms with Crippen LogP contribution in [0, 0.1) is 0 Å². The van der Waals surface area contributed by atoms with Gasteiger partial charge in [0.2, 0.25) is 5.91 Å². The minimum absolute atomic E-state index is 0.0169. The molecule has 6 heteroatoms. The lowest BCUT2D eigenvalue weighted by Crippen LogP contribution is -2.41. The van der Waals surface area contributed by atoms with Gasteiger partial charge in [-0.1, -0.05) is 12.1 Å². The average Bonchev–Trinajstić information content (AvgIpc) is 2.97. The van der Waals surface area contributed by atoms with E-state index in [0.29, 0.717) is 39.3 Å². The second kappa shape index (κ2) is 6.89. The fourth-order valence-corrected chi connectivity index (χ4v) is 2.64. The summed E-state index contributed by atoms with van der Waals surface area (Å²) < 4.78 is 12.9. The number of hydrogen-bond acceptors (Lipinski definition) is 4. The first-order valence-electron chi connectivity index (χ1n) is 7.57. The lowest BCUT2D eigenvalue weighted by Gasteiger charge is -2.27. The molecule has 0 aliphatic carbocycles. The third kappa shape index (κ3) is 3.45. The number of ether oxygens (including phenoxy) is 2. The van der Waals surface area contributed by atoms with Gasteiger partial charge in [0.25, 0.3) is 0 Å². The summed E-state index contributed by atoms with van der Waals surface area (Å²) in [6.45, 7) is 3.01. The van der Waals surface area contributed by atoms with Crippen LogP contribution in [0.3, 0.4) is 0 Å². The number of aromatic nitrogens is 2. The number of hydrogen-bond donors (Lipinski definition) is 0. The van der Waals surface area contributed by atoms with E-state index in [1.54, 1.807) is 11.2 Å². The van der Waals surface area contributed by atoms with Crippen molar-refractivity contribution >= 4 is 16.9 Å². The summed E-state index contributed by atoms with van der Waals surface area (Å²) in [6.07, 6.45) is 2.22. The zero-order valence-corrected chi connectivity index (χ0v) is 12.8. The van der Waals surface area contributed by atoms with Crippen molar-refractivity contribution in [3.05, 3.63) is 30.6 Å². The Balaban J connectivity index is 1.53. The lowest BCUT2D eigenvalue weighted by molar-refractivity contribution is -0.136. The SMILES string of the molecule is CN(C[C@@H]1COCCO1)C(=O)CCn1cnc2ccccc21. The van der Waals surface area contributed by atoms with Gasteiger partial charge in [-0.2, -0.15) is 0 Å². The average molecular weight is 303 g/mol. The van der Waals surface area contributed by atoms with Crippen molar-refractivity contribution in [3.63, 3.8) is 0 Å². The normalized spacial score (nSPS) is 18.5. The molecule has 1 atom stereocenters. The van der Waals surface area contributed by atoms with Crippen LogP contribution in [0.2, 0.25) is 0 Å². The molecule has 1 aromatic carbocycles. The summed E-state index contributed by atoms with van der Waals surface area (Å²) in [4.78, 5) is 18.3. The van der Waals surface area contributed by atoms with Crippen LogP contribution >= 0.6 is 0 Å². The second-order valence-corrected chi connectivity index (χ2v) is 5.52. The van der Waals surface area contributed by atoms with Crippen molar-refractivity contribution in [2.24, 2.45) is 0 Å². The fourth-order valence-electron chi connectivity index (χ4n) is 2.64. The third-order valence-electron chi connectivity index (χ3n) is 3.88. The maximum atomic E-state index is 12.2. The lowest BCUT2D eigenvalue weighted by atomic mass is 10.3. The molecule has 22 heavy (non-hydrogen) atoms. The van der Waals surface area contributed by atoms with E-state index in [1.807, 2.05) is 35.9 Å². The first-order valence-corrected chi connectivity index (χ1v) is 7.57. The maximum Gasteiger partial charge on any atom is 0.224 e. The number of carbonyl (C=O) groups is 1. The standard InChI is InChI=1S/C16H21N3O3/c1-18(10-13-11-21-8-9-22-13)16(20)6-7-19-12-17-14-4-2-3-5-15(14)19/h2-5,12-13H,6-11H2,1H3/t13-/m1/s1. The second-order valence-electron chi connectivity index (χ2n) is 5.52. The highest BCUT2D eigenvalue weighted by molar-refractivity contribution is 5.77. The van der Waals surface area contributed by atoms with Crippen molar-refractivity contribution in [2.75, 3.05) is 33.4 Å². The number of likely N-dealkylation sites (N-methyl/N-ethyl adjacent to an activating group) is 1. The Morgan fingerprint density at radius 1 is 1.41 bits per heavy atom. The number of aryl methyl sites for hydroxylation is 1. The van der Waals surface area contributed by atoms with E-state index >= 15 is 0 Å². The molecular formula is C16H21N3O3. The van der Waals surface area contributed by atoms with Gasteiger partial charge >= 0.3 is 0 Å². The number of amides is 1. The number of carbonyl (C=O) groups excluding carboxylic acids is 1. The molecule has 0 unspecified atom stereocenters. The predicted molar refractivity (Wildman–Crippen MR) is 82.5 cm³/mol. The van der Waals surface area contributed by atoms with Gasteiger partial charge in [-0.15, -0.1) is 0 Å². The summed E-state index contributed by atoms with van der Waals surface area (Å²) in [5.74, 6) is 0.104. The fraction of sp³-hybridized carbons (Fsp3) is 0.500. The van der Waals surface area contributed by atoms with Crippen molar-refractivity contribution in [1.29, 1.82) is 0 Å². The highest BCUT2D eigenvalue weighted by Crippen LogP contribution is 2.12. The molecule has 0 radical (unpaired) electrons. The van der Waals surface area contributed by atoms with Crippen LogP contribution in [0.25, 0.3) is 11.0 Å². The van der Waals surface area contributed by atoms with E-state index in [9.17, 15) is 4.79 Å². The van der Waals surface area contributed by atoms with Gasteiger partial charge < -0.3 is 18.9 Å². The van der Waals surface area contributed by atoms with Gasteiger partial charge in [0.15, 0.2) is 0 Å². The van der Waals surface area contributed by atoms with Crippen LogP contribution in [-0.4, -0.2) is 59.9 Å². The van der Waals surface area contributed by atoms with Crippen LogP contribution in [0.15, 0.2) is 30.6 Å². The van der Waals surface area contributed by atoms with Crippen molar-refractivity contribution in [2.45, 2.75) is 19.1 Å². The molecule has 1 fully saturated rings. The molecule has 6 nitrogen and oxygen atoms in total. The van der Waals surface area contributed by atoms with E-state index in [0.717, 1.165) is 11.0 Å². The summed E-state index contributed by atoms with van der Waals surface area (Å²) in [7, 11) is 1.81. The third-order valence-corrected chi connectivity index (χ3v) is 3.88. The molecule has 1 aliphatic rings. The quantitative estimate of drug-likeness (QED) is 0.835. The molecule has 118 valence electrons. The smallest absolute Gasteiger partial charge is 0.224 e. The van der Waals surface area contributed by atoms with Crippen LogP contribution < -0.4 is 0 Å². The van der Waals surface area contributed by atoms with E-state index in [-0.39, 0.29) is 12.0 Å². The molecule has 0 N–H and O–H groups in total. The summed E-state index contributed by atoms with van der Waals surface area (Å²) >= 11 is 0. The zero-order chi connectivity index (χ0) is 15.4. The summed E-state index contributed by atoms with van der Waals surface area (Å²) in [5.41, 5.74) is 2.01. The van der Waals surface area contributed by atoms with Gasteiger partial charge in [0, 0.05) is 26.6 Å². The van der Waals surface area contributed by atoms with Gasteiger partial charge in [-0.05, 0) is 12.1 Å². The first-order chi connectivity index (χ1) is 10.7. The van der Waals surface area contributed by atoms with E-state index in [2.05, 4.69) is 4.98 Å². The van der Waals surface area contributed by atoms with Crippen LogP contribution in [-0.2, 0) is 20.8 Å². The highest BCUT2D eigenvalue weighted by atomic mass is 16.6. The molecule has 1 aromatic heterocycles. The topological polar surface area (TPSA) is 56.6 Å². The van der Waals surface area contributed by atoms with Gasteiger partial charge in [-0.25, -0.2) is 4.98 Å². The van der Waals surface area contributed by atoms with Crippen LogP contribution in [0.4, 0.5) is 0 Å². The molecule has 1 saturated heterocycles. The number of nitrogens with zero attached hydrogens (tertiary/aromatic N) is 3. The molecular weight excluding hydrogens is 282 g/mol. The van der Waals surface area contributed by atoms with E-state index < -0.39 is 0 Å². The zero-order valence-electron chi connectivity index (χ0n) is 12.8. The van der Waals surface area contributed by atoms with Gasteiger partial charge in [0.05, 0.1) is 43.3 Å². The Morgan fingerprint density at radius 2 is 2.27 bits per heavy atom. The van der Waals surface area contributed by atoms with Crippen molar-refractivity contribution in [1.82, 2.24) is 14.5 Å². The predicted octanol–water partition coefficient (Wildman–Crippen LogP) is 1.30. The largest absolute Gasteiger partial charge is 0.376 e. The van der Waals surface area contributed by atoms with Crippen LogP contribution in [0.5, 0.6) is 0 Å². The first kappa shape index (κ1) is 15.0. The molecule has 0 saturated carbocycles. The Bertz CT molecular complexity index is 634. The molecule has 0 bridgehead atoms. The number of benzene rings is 1. The molecule has 1 amide bonds. The van der Waals surface area contributed by atoms with E-state index in [4.69, 9.17) is 9.47 Å². The van der Waals surface area contributed by atoms with E-state index in [1.165, 1.54) is 0 Å². The Morgan fingerprint density at radius 3 is 3.09 bits per heavy atom. The number of imidazole rings is 1. The Labute approximate surface area is 129 Å². The molecule has 3 rings (SSSR count). The Hall–Kier alpha value is -1.92. The van der Waals surface area contributed by atoms with Crippen molar-refractivity contribution < 1.29 is 14.3 Å². The van der Waals surface area contributed by atoms with Crippen molar-refractivity contribution in [3.8, 4) is 0 Å². The maximum absolute atomic E-state index is 12.2. The molecule has 0 spiro atoms. The molecule has 2 heterocycles. The Kier molecular flexibility index (Phi) is 4.70. The minimum Gasteiger partial charge on any atom is -0.376 e. The monoisotopic (exact) mass is 303 g/mol. The summed E-state index contributed by atoms with van der Waals surface area (Å²) in [6, 6.07) is 7.93. The minimum atomic E-state index is -0.0169. The number of rotatable bonds is 5. The highest BCUT2D eigenvalue weighted by Gasteiger charge is 2.19.